The van der Waals surface area contributed by atoms with E-state index in [1.807, 2.05) is 0 Å². The van der Waals surface area contributed by atoms with Gasteiger partial charge in [-0.25, -0.2) is 4.57 Å². The van der Waals surface area contributed by atoms with Gasteiger partial charge in [0.2, 0.25) is 0 Å². The molecule has 390 valence electrons. The molecule has 0 radical (unpaired) electrons. The molecule has 0 aromatic rings. The van der Waals surface area contributed by atoms with Crippen molar-refractivity contribution in [2.24, 2.45) is 5.73 Å². The van der Waals surface area contributed by atoms with E-state index >= 15 is 0 Å². The summed E-state index contributed by atoms with van der Waals surface area (Å²) >= 11 is 0. The smallest absolute Gasteiger partial charge is 0.472 e. The van der Waals surface area contributed by atoms with Gasteiger partial charge in [0.05, 0.1) is 13.2 Å². The molecule has 66 heavy (non-hydrogen) atoms. The van der Waals surface area contributed by atoms with Gasteiger partial charge in [-0.3, -0.25) is 23.4 Å². The highest BCUT2D eigenvalue weighted by molar-refractivity contribution is 7.47. The van der Waals surface area contributed by atoms with Crippen molar-refractivity contribution in [3.05, 3.63) is 12.2 Å². The third-order valence-corrected chi connectivity index (χ3v) is 13.5. The predicted octanol–water partition coefficient (Wildman–Crippen LogP) is 16.0. The number of phosphoric ester groups is 1. The molecule has 3 unspecified atom stereocenters. The quantitative estimate of drug-likeness (QED) is 0.0229. The molecule has 0 bridgehead atoms. The van der Waals surface area contributed by atoms with E-state index < -0.39 is 51.1 Å². The summed E-state index contributed by atoms with van der Waals surface area (Å²) in [7, 11) is -4.72. The van der Waals surface area contributed by atoms with E-state index in [4.69, 9.17) is 29.4 Å². The first-order valence-electron chi connectivity index (χ1n) is 27.7. The fraction of sp³-hybridized carbons (Fsp3) is 0.907. The summed E-state index contributed by atoms with van der Waals surface area (Å²) in [5.41, 5.74) is 5.36. The van der Waals surface area contributed by atoms with Gasteiger partial charge in [0.1, 0.15) is 12.6 Å². The SMILES string of the molecule is CCCCCCCCCC/C=C\CCCCCCCCCCCCCC(=O)OC(COC(=O)CCCCCCCCCCCCCCCCCCCCC)COP(=O)(O)OCC(N)C(=O)O. The fourth-order valence-corrected chi connectivity index (χ4v) is 8.96. The van der Waals surface area contributed by atoms with Gasteiger partial charge in [-0.1, -0.05) is 244 Å². The third kappa shape index (κ3) is 48.7. The Morgan fingerprint density at radius 2 is 0.758 bits per heavy atom. The van der Waals surface area contributed by atoms with Crippen molar-refractivity contribution in [2.45, 2.75) is 296 Å². The molecule has 0 aromatic heterocycles. The summed E-state index contributed by atoms with van der Waals surface area (Å²) in [6, 6.07) is -1.52. The first-order valence-corrected chi connectivity index (χ1v) is 29.2. The van der Waals surface area contributed by atoms with Crippen LogP contribution in [0.3, 0.4) is 0 Å². The molecule has 3 atom stereocenters. The van der Waals surface area contributed by atoms with Crippen molar-refractivity contribution in [3.8, 4) is 0 Å². The number of ether oxygens (including phenoxy) is 2. The molecular weight excluding hydrogens is 854 g/mol. The van der Waals surface area contributed by atoms with Crippen molar-refractivity contribution in [2.75, 3.05) is 19.8 Å². The minimum atomic E-state index is -4.72. The molecule has 0 rings (SSSR count). The number of hydrogen-bond acceptors (Lipinski definition) is 9. The molecular formula is C54H104NO10P. The van der Waals surface area contributed by atoms with Crippen molar-refractivity contribution < 1.29 is 47.5 Å². The van der Waals surface area contributed by atoms with Gasteiger partial charge in [-0.15, -0.1) is 0 Å². The standard InChI is InChI=1S/C54H104NO10P/c1-3-5-7-9-11-13-15-17-19-21-23-24-25-26-28-30-32-34-36-38-40-42-44-46-53(57)65-50(48-63-66(60,61)64-49-51(55)54(58)59)47-62-52(56)45-43-41-39-37-35-33-31-29-27-22-20-18-16-14-12-10-8-6-4-2/h21,23,50-51H,3-20,22,24-49,55H2,1-2H3,(H,58,59)(H,60,61)/b23-21-. The van der Waals surface area contributed by atoms with E-state index in [0.29, 0.717) is 12.8 Å². The lowest BCUT2D eigenvalue weighted by atomic mass is 10.0. The summed E-state index contributed by atoms with van der Waals surface area (Å²) < 4.78 is 32.9. The van der Waals surface area contributed by atoms with Crippen LogP contribution in [0, 0.1) is 0 Å². The van der Waals surface area contributed by atoms with Crippen LogP contribution in [0.2, 0.25) is 0 Å². The molecule has 0 fully saturated rings. The van der Waals surface area contributed by atoms with E-state index in [1.54, 1.807) is 0 Å². The van der Waals surface area contributed by atoms with Crippen LogP contribution in [0.25, 0.3) is 0 Å². The molecule has 0 saturated heterocycles. The predicted molar refractivity (Wildman–Crippen MR) is 273 cm³/mol. The fourth-order valence-electron chi connectivity index (χ4n) is 8.18. The Labute approximate surface area is 405 Å². The number of hydrogen-bond donors (Lipinski definition) is 3. The number of nitrogens with two attached hydrogens (primary N) is 1. The normalized spacial score (nSPS) is 13.5. The van der Waals surface area contributed by atoms with Crippen LogP contribution >= 0.6 is 7.82 Å². The summed E-state index contributed by atoms with van der Waals surface area (Å²) in [4.78, 5) is 46.3. The highest BCUT2D eigenvalue weighted by Crippen LogP contribution is 2.43. The lowest BCUT2D eigenvalue weighted by Crippen LogP contribution is -2.34. The van der Waals surface area contributed by atoms with Crippen LogP contribution in [0.4, 0.5) is 0 Å². The lowest BCUT2D eigenvalue weighted by molar-refractivity contribution is -0.161. The number of carboxylic acid groups (broad SMARTS) is 1. The molecule has 0 spiro atoms. The monoisotopic (exact) mass is 958 g/mol. The molecule has 0 aromatic carbocycles. The molecule has 0 aliphatic carbocycles. The molecule has 12 heteroatoms. The molecule has 0 heterocycles. The second-order valence-corrected chi connectivity index (χ2v) is 20.5. The van der Waals surface area contributed by atoms with Gasteiger partial charge in [0.25, 0.3) is 0 Å². The summed E-state index contributed by atoms with van der Waals surface area (Å²) in [5, 5.41) is 8.93. The Balaban J connectivity index is 4.15. The summed E-state index contributed by atoms with van der Waals surface area (Å²) in [5.74, 6) is -2.35. The maximum absolute atomic E-state index is 12.7. The zero-order valence-corrected chi connectivity index (χ0v) is 43.7. The molecule has 0 saturated carbocycles. The molecule has 11 nitrogen and oxygen atoms in total. The van der Waals surface area contributed by atoms with Crippen LogP contribution in [0.1, 0.15) is 284 Å². The topological polar surface area (TPSA) is 172 Å². The minimum absolute atomic E-state index is 0.166. The third-order valence-electron chi connectivity index (χ3n) is 12.5. The maximum Gasteiger partial charge on any atom is 0.472 e. The molecule has 0 aliphatic rings. The number of rotatable bonds is 53. The number of aliphatic carboxylic acids is 1. The van der Waals surface area contributed by atoms with Gasteiger partial charge in [0.15, 0.2) is 6.10 Å². The number of unbranched alkanes of at least 4 members (excludes halogenated alkanes) is 37. The molecule has 4 N–H and O–H groups in total. The lowest BCUT2D eigenvalue weighted by Gasteiger charge is -2.20. The average molecular weight is 958 g/mol. The van der Waals surface area contributed by atoms with Gasteiger partial charge < -0.3 is 25.2 Å². The number of esters is 2. The highest BCUT2D eigenvalue weighted by Gasteiger charge is 2.28. The van der Waals surface area contributed by atoms with E-state index in [0.717, 1.165) is 38.5 Å². The van der Waals surface area contributed by atoms with Crippen LogP contribution < -0.4 is 5.73 Å². The van der Waals surface area contributed by atoms with E-state index in [2.05, 4.69) is 26.0 Å². The van der Waals surface area contributed by atoms with Crippen molar-refractivity contribution in [1.29, 1.82) is 0 Å². The van der Waals surface area contributed by atoms with E-state index in [-0.39, 0.29) is 19.4 Å². The Kier molecular flexibility index (Phi) is 48.3. The number of carbonyl (C=O) groups excluding carboxylic acids is 2. The molecule has 0 aliphatic heterocycles. The van der Waals surface area contributed by atoms with Crippen LogP contribution in [0.5, 0.6) is 0 Å². The zero-order valence-electron chi connectivity index (χ0n) is 42.8. The van der Waals surface area contributed by atoms with Gasteiger partial charge in [-0.05, 0) is 38.5 Å². The number of allylic oxidation sites excluding steroid dienone is 2. The van der Waals surface area contributed by atoms with Gasteiger partial charge in [-0.2, -0.15) is 0 Å². The number of carboxylic acids is 1. The van der Waals surface area contributed by atoms with Gasteiger partial charge >= 0.3 is 25.7 Å². The van der Waals surface area contributed by atoms with Crippen LogP contribution in [-0.2, 0) is 37.5 Å². The Morgan fingerprint density at radius 3 is 1.11 bits per heavy atom. The van der Waals surface area contributed by atoms with Gasteiger partial charge in [0, 0.05) is 12.8 Å². The number of phosphoric acid groups is 1. The second kappa shape index (κ2) is 49.6. The second-order valence-electron chi connectivity index (χ2n) is 19.1. The van der Waals surface area contributed by atoms with Crippen molar-refractivity contribution in [1.82, 2.24) is 0 Å². The first-order chi connectivity index (χ1) is 32.1. The molecule has 0 amide bonds. The Morgan fingerprint density at radius 1 is 0.455 bits per heavy atom. The van der Waals surface area contributed by atoms with Crippen LogP contribution in [0.15, 0.2) is 12.2 Å². The average Bonchev–Trinajstić information content (AvgIpc) is 3.30. The maximum atomic E-state index is 12.7. The highest BCUT2D eigenvalue weighted by atomic mass is 31.2. The Hall–Kier alpha value is -1.78. The number of carbonyl (C=O) groups is 3. The first kappa shape index (κ1) is 64.2. The van der Waals surface area contributed by atoms with Crippen molar-refractivity contribution >= 4 is 25.7 Å². The van der Waals surface area contributed by atoms with Crippen LogP contribution in [-0.4, -0.2) is 59.9 Å². The summed E-state index contributed by atoms with van der Waals surface area (Å²) in [6.45, 7) is 2.87. The van der Waals surface area contributed by atoms with Crippen molar-refractivity contribution in [3.63, 3.8) is 0 Å². The zero-order chi connectivity index (χ0) is 48.4. The summed E-state index contributed by atoms with van der Waals surface area (Å²) in [6.07, 6.45) is 54.2. The van der Waals surface area contributed by atoms with E-state index in [9.17, 15) is 23.8 Å². The Bertz CT molecular complexity index is 1170. The van der Waals surface area contributed by atoms with E-state index in [1.165, 1.54) is 205 Å². The largest absolute Gasteiger partial charge is 0.480 e. The minimum Gasteiger partial charge on any atom is -0.480 e.